The first-order chi connectivity index (χ1) is 15.7. The van der Waals surface area contributed by atoms with E-state index in [1.54, 1.807) is 6.92 Å². The first-order valence-electron chi connectivity index (χ1n) is 9.81. The molecule has 3 heterocycles. The lowest BCUT2D eigenvalue weighted by Crippen LogP contribution is -2.52. The Morgan fingerprint density at radius 2 is 1.82 bits per heavy atom. The molecule has 2 fully saturated rings. The van der Waals surface area contributed by atoms with Crippen molar-refractivity contribution in [2.45, 2.75) is 62.4 Å². The van der Waals surface area contributed by atoms with Gasteiger partial charge in [0.25, 0.3) is 5.56 Å². The highest BCUT2D eigenvalue weighted by Gasteiger charge is 2.47. The molecular weight excluding hydrogens is 508 g/mol. The third-order valence-corrected chi connectivity index (χ3v) is 7.60. The highest BCUT2D eigenvalue weighted by atomic mass is 31.3. The molecule has 5 unspecified atom stereocenters. The van der Waals surface area contributed by atoms with Gasteiger partial charge in [0.2, 0.25) is 0 Å². The van der Waals surface area contributed by atoms with Crippen LogP contribution < -0.4 is 17.0 Å². The van der Waals surface area contributed by atoms with Gasteiger partial charge in [0, 0.05) is 18.3 Å². The van der Waals surface area contributed by atoms with Crippen LogP contribution in [0.3, 0.4) is 0 Å². The first-order valence-corrected chi connectivity index (χ1v) is 12.8. The Morgan fingerprint density at radius 1 is 1.15 bits per heavy atom. The van der Waals surface area contributed by atoms with Gasteiger partial charge in [0.05, 0.1) is 12.7 Å². The maximum Gasteiger partial charge on any atom is 0.483 e. The van der Waals surface area contributed by atoms with E-state index in [9.17, 15) is 43.8 Å². The number of aromatic nitrogens is 2. The Morgan fingerprint density at radius 3 is 2.47 bits per heavy atom. The van der Waals surface area contributed by atoms with Gasteiger partial charge in [0.15, 0.2) is 12.5 Å². The van der Waals surface area contributed by atoms with Crippen LogP contribution in [0.15, 0.2) is 21.9 Å². The van der Waals surface area contributed by atoms with Gasteiger partial charge in [-0.3, -0.25) is 23.4 Å². The molecule has 0 aliphatic carbocycles. The van der Waals surface area contributed by atoms with Crippen molar-refractivity contribution >= 4 is 15.6 Å². The number of phosphoric acid groups is 2. The number of aliphatic hydroxyl groups excluding tert-OH is 3. The fourth-order valence-electron chi connectivity index (χ4n) is 3.37. The van der Waals surface area contributed by atoms with Crippen LogP contribution in [0.25, 0.3) is 0 Å². The summed E-state index contributed by atoms with van der Waals surface area (Å²) in [6, 6.07) is 0.101. The molecule has 0 amide bonds. The van der Waals surface area contributed by atoms with E-state index in [1.807, 2.05) is 4.98 Å². The minimum Gasteiger partial charge on any atom is -0.387 e. The van der Waals surface area contributed by atoms with Crippen LogP contribution in [-0.2, 0) is 32.0 Å². The number of rotatable bonds is 8. The van der Waals surface area contributed by atoms with Crippen molar-refractivity contribution in [3.63, 3.8) is 0 Å². The van der Waals surface area contributed by atoms with Crippen LogP contribution in [0, 0.1) is 0 Å². The highest BCUT2D eigenvalue weighted by Crippen LogP contribution is 2.61. The third-order valence-electron chi connectivity index (χ3n) is 5.00. The van der Waals surface area contributed by atoms with Crippen LogP contribution in [0.5, 0.6) is 0 Å². The molecule has 0 spiro atoms. The molecule has 1 aromatic heterocycles. The smallest absolute Gasteiger partial charge is 0.387 e. The molecule has 2 saturated heterocycles. The molecule has 0 radical (unpaired) electrons. The standard InChI is InChI=1S/C15H25N3O14P2/c1-6-4-7(16)10(20)14(29-6)31-34(26,27)32-33(24,25)28-5-8-11(21)12(22)13(30-8)18-3-2-9(19)17-15(18)23/h2-3,6-8,10-14,20-22H,4-5,16H2,1H3,(H,24,25)(H,26,27)(H,17,19,23)/t6?,7-,8+,10?,11-,12?,13+,14+/m0/s1. The summed E-state index contributed by atoms with van der Waals surface area (Å²) in [5.74, 6) is 0. The van der Waals surface area contributed by atoms with Gasteiger partial charge in [-0.05, 0) is 13.3 Å². The molecule has 8 N–H and O–H groups in total. The van der Waals surface area contributed by atoms with Crippen LogP contribution >= 0.6 is 15.6 Å². The second kappa shape index (κ2) is 10.4. The van der Waals surface area contributed by atoms with E-state index >= 15 is 0 Å². The van der Waals surface area contributed by atoms with Crippen molar-refractivity contribution in [3.05, 3.63) is 33.1 Å². The number of hydrogen-bond donors (Lipinski definition) is 7. The molecular formula is C15H25N3O14P2. The summed E-state index contributed by atoms with van der Waals surface area (Å²) in [6.45, 7) is 0.617. The average molecular weight is 533 g/mol. The van der Waals surface area contributed by atoms with Crippen LogP contribution in [0.1, 0.15) is 19.6 Å². The van der Waals surface area contributed by atoms with E-state index < -0.39 is 82.6 Å². The van der Waals surface area contributed by atoms with Gasteiger partial charge >= 0.3 is 21.3 Å². The molecule has 0 saturated carbocycles. The molecule has 194 valence electrons. The number of nitrogens with one attached hydrogen (secondary N) is 1. The van der Waals surface area contributed by atoms with Gasteiger partial charge in [-0.25, -0.2) is 13.9 Å². The molecule has 17 nitrogen and oxygen atoms in total. The van der Waals surface area contributed by atoms with E-state index in [1.165, 1.54) is 0 Å². The lowest BCUT2D eigenvalue weighted by molar-refractivity contribution is -0.208. The maximum atomic E-state index is 12.2. The van der Waals surface area contributed by atoms with Crippen molar-refractivity contribution in [2.24, 2.45) is 5.73 Å². The molecule has 2 aliphatic rings. The summed E-state index contributed by atoms with van der Waals surface area (Å²) in [4.78, 5) is 44.6. The zero-order chi connectivity index (χ0) is 25.4. The summed E-state index contributed by atoms with van der Waals surface area (Å²) in [5.41, 5.74) is 3.99. The Hall–Kier alpha value is -1.30. The molecule has 2 aliphatic heterocycles. The molecule has 0 bridgehead atoms. The zero-order valence-electron chi connectivity index (χ0n) is 17.5. The molecule has 34 heavy (non-hydrogen) atoms. The lowest BCUT2D eigenvalue weighted by atomic mass is 10.0. The van der Waals surface area contributed by atoms with Crippen LogP contribution in [-0.4, -0.2) is 84.1 Å². The minimum atomic E-state index is -5.34. The molecule has 19 heteroatoms. The van der Waals surface area contributed by atoms with E-state index in [4.69, 9.17) is 15.2 Å². The first kappa shape index (κ1) is 27.3. The number of aromatic amines is 1. The van der Waals surface area contributed by atoms with Crippen LogP contribution in [0.2, 0.25) is 0 Å². The van der Waals surface area contributed by atoms with E-state index in [2.05, 4.69) is 13.4 Å². The number of hydrogen-bond acceptors (Lipinski definition) is 13. The Bertz CT molecular complexity index is 1080. The average Bonchev–Trinajstić information content (AvgIpc) is 2.97. The highest BCUT2D eigenvalue weighted by molar-refractivity contribution is 7.61. The topological polar surface area (TPSA) is 262 Å². The number of ether oxygens (including phenoxy) is 2. The van der Waals surface area contributed by atoms with Crippen molar-refractivity contribution in [3.8, 4) is 0 Å². The number of aliphatic hydroxyl groups is 3. The van der Waals surface area contributed by atoms with Crippen molar-refractivity contribution in [1.82, 2.24) is 9.55 Å². The fraction of sp³-hybridized carbons (Fsp3) is 0.733. The molecule has 10 atom stereocenters. The van der Waals surface area contributed by atoms with Gasteiger partial charge in [-0.2, -0.15) is 4.31 Å². The number of nitrogens with two attached hydrogens (primary N) is 1. The molecule has 1 aromatic rings. The van der Waals surface area contributed by atoms with Crippen LogP contribution in [0.4, 0.5) is 0 Å². The van der Waals surface area contributed by atoms with E-state index in [0.29, 0.717) is 0 Å². The minimum absolute atomic E-state index is 0.223. The predicted octanol–water partition coefficient (Wildman–Crippen LogP) is -2.77. The Labute approximate surface area is 190 Å². The maximum absolute atomic E-state index is 12.2. The van der Waals surface area contributed by atoms with E-state index in [-0.39, 0.29) is 6.42 Å². The third kappa shape index (κ3) is 6.47. The monoisotopic (exact) mass is 533 g/mol. The molecule has 0 aromatic carbocycles. The van der Waals surface area contributed by atoms with Crippen molar-refractivity contribution in [1.29, 1.82) is 0 Å². The van der Waals surface area contributed by atoms with Gasteiger partial charge in [-0.1, -0.05) is 0 Å². The second-order valence-electron chi connectivity index (χ2n) is 7.69. The second-order valence-corrected chi connectivity index (χ2v) is 10.7. The number of H-pyrrole nitrogens is 1. The summed E-state index contributed by atoms with van der Waals surface area (Å²) in [5, 5.41) is 30.2. The number of phosphoric ester groups is 2. The Balaban J connectivity index is 1.60. The Kier molecular flexibility index (Phi) is 8.32. The van der Waals surface area contributed by atoms with Gasteiger partial charge in [0.1, 0.15) is 24.4 Å². The summed E-state index contributed by atoms with van der Waals surface area (Å²) in [7, 11) is -10.7. The van der Waals surface area contributed by atoms with Gasteiger partial charge < -0.3 is 40.3 Å². The summed E-state index contributed by atoms with van der Waals surface area (Å²) >= 11 is 0. The SMILES string of the molecule is CC1C[C@H](N)C(O)[C@@H](OP(=O)(O)OP(=O)(O)OC[C@H]2O[C@@H](n3ccc(=O)[nH]c3=O)C(O)[C@H]2O)O1. The number of nitrogens with zero attached hydrogens (tertiary/aromatic N) is 1. The summed E-state index contributed by atoms with van der Waals surface area (Å²) in [6.07, 6.45) is -9.03. The normalized spacial score (nSPS) is 37.7. The fourth-order valence-corrected chi connectivity index (χ4v) is 5.53. The van der Waals surface area contributed by atoms with Gasteiger partial charge in [-0.15, -0.1) is 0 Å². The van der Waals surface area contributed by atoms with Crippen molar-refractivity contribution in [2.75, 3.05) is 6.61 Å². The molecule has 3 rings (SSSR count). The largest absolute Gasteiger partial charge is 0.483 e. The zero-order valence-corrected chi connectivity index (χ0v) is 19.3. The lowest BCUT2D eigenvalue weighted by Gasteiger charge is -2.36. The quantitative estimate of drug-likeness (QED) is 0.167. The summed E-state index contributed by atoms with van der Waals surface area (Å²) < 4.78 is 48.8. The predicted molar refractivity (Wildman–Crippen MR) is 108 cm³/mol. The van der Waals surface area contributed by atoms with E-state index in [0.717, 1.165) is 16.8 Å². The van der Waals surface area contributed by atoms with Crippen molar-refractivity contribution < 1.29 is 57.1 Å².